The molecule has 0 aliphatic heterocycles. The minimum Gasteiger partial charge on any atom is -0.451 e. The number of ether oxygens (including phenoxy) is 1. The summed E-state index contributed by atoms with van der Waals surface area (Å²) < 4.78 is 5.12. The molecule has 1 atom stereocenters. The molecule has 0 saturated heterocycles. The van der Waals surface area contributed by atoms with Gasteiger partial charge in [0.05, 0.1) is 6.07 Å². The Morgan fingerprint density at radius 2 is 1.80 bits per heavy atom. The molecule has 1 aliphatic carbocycles. The molecule has 2 aromatic carbocycles. The van der Waals surface area contributed by atoms with Crippen LogP contribution in [0.4, 0.5) is 0 Å². The molecule has 0 aromatic heterocycles. The van der Waals surface area contributed by atoms with Gasteiger partial charge in [-0.25, -0.2) is 0 Å². The number of benzene rings is 2. The molecule has 7 heteroatoms. The zero-order chi connectivity index (χ0) is 21.6. The predicted molar refractivity (Wildman–Crippen MR) is 111 cm³/mol. The summed E-state index contributed by atoms with van der Waals surface area (Å²) in [4.78, 5) is 36.8. The highest BCUT2D eigenvalue weighted by Crippen LogP contribution is 2.27. The number of esters is 1. The number of rotatable bonds is 6. The van der Waals surface area contributed by atoms with E-state index in [0.29, 0.717) is 18.4 Å². The van der Waals surface area contributed by atoms with Crippen LogP contribution in [0.5, 0.6) is 0 Å². The summed E-state index contributed by atoms with van der Waals surface area (Å²) in [5.74, 6) is -1.63. The lowest BCUT2D eigenvalue weighted by Crippen LogP contribution is -2.52. The first kappa shape index (κ1) is 21.3. The highest BCUT2D eigenvalue weighted by Gasteiger charge is 2.35. The highest BCUT2D eigenvalue weighted by molar-refractivity contribution is 5.99. The van der Waals surface area contributed by atoms with Crippen LogP contribution >= 0.6 is 0 Å². The minimum absolute atomic E-state index is 0.354. The fourth-order valence-corrected chi connectivity index (χ4v) is 3.63. The summed E-state index contributed by atoms with van der Waals surface area (Å²) >= 11 is 0. The fourth-order valence-electron chi connectivity index (χ4n) is 3.63. The second-order valence-corrected chi connectivity index (χ2v) is 7.62. The second kappa shape index (κ2) is 9.40. The standard InChI is InChI=1S/C23H25N3O4/c1-16(21(28)26-23(15-24)11-5-2-6-12-23)30-20(27)14-25-22(29)19-10-9-17-7-3-4-8-18(17)13-19/h3-4,7-10,13,16H,2,5-6,11-12,14H2,1H3,(H,25,29)(H,26,28)/t16-/m1/s1. The zero-order valence-electron chi connectivity index (χ0n) is 16.9. The summed E-state index contributed by atoms with van der Waals surface area (Å²) in [6, 6.07) is 15.1. The van der Waals surface area contributed by atoms with E-state index in [4.69, 9.17) is 4.74 Å². The van der Waals surface area contributed by atoms with Crippen molar-refractivity contribution in [3.8, 4) is 6.07 Å². The first-order valence-corrected chi connectivity index (χ1v) is 10.1. The molecule has 0 spiro atoms. The van der Waals surface area contributed by atoms with Crippen molar-refractivity contribution in [3.05, 3.63) is 48.0 Å². The van der Waals surface area contributed by atoms with Gasteiger partial charge < -0.3 is 15.4 Å². The Hall–Kier alpha value is -3.40. The Labute approximate surface area is 175 Å². The maximum atomic E-state index is 12.4. The molecule has 1 saturated carbocycles. The molecule has 0 bridgehead atoms. The summed E-state index contributed by atoms with van der Waals surface area (Å²) in [5.41, 5.74) is -0.458. The molecule has 1 fully saturated rings. The van der Waals surface area contributed by atoms with E-state index in [9.17, 15) is 19.6 Å². The average molecular weight is 407 g/mol. The number of nitriles is 1. The van der Waals surface area contributed by atoms with Gasteiger partial charge in [0, 0.05) is 5.56 Å². The molecule has 3 rings (SSSR count). The van der Waals surface area contributed by atoms with Crippen LogP contribution in [0.15, 0.2) is 42.5 Å². The lowest BCUT2D eigenvalue weighted by Gasteiger charge is -2.32. The number of carbonyl (C=O) groups is 3. The van der Waals surface area contributed by atoms with Crippen molar-refractivity contribution in [2.75, 3.05) is 6.54 Å². The van der Waals surface area contributed by atoms with Crippen molar-refractivity contribution in [1.82, 2.24) is 10.6 Å². The van der Waals surface area contributed by atoms with Crippen LogP contribution in [0.3, 0.4) is 0 Å². The van der Waals surface area contributed by atoms with E-state index >= 15 is 0 Å². The predicted octanol–water partition coefficient (Wildman–Crippen LogP) is 2.84. The Kier molecular flexibility index (Phi) is 6.68. The summed E-state index contributed by atoms with van der Waals surface area (Å²) in [7, 11) is 0. The average Bonchev–Trinajstić information content (AvgIpc) is 2.77. The van der Waals surface area contributed by atoms with E-state index in [1.807, 2.05) is 30.3 Å². The summed E-state index contributed by atoms with van der Waals surface area (Å²) in [6.45, 7) is 1.10. The number of hydrogen-bond acceptors (Lipinski definition) is 5. The van der Waals surface area contributed by atoms with Crippen LogP contribution in [0, 0.1) is 11.3 Å². The SMILES string of the molecule is C[C@@H](OC(=O)CNC(=O)c1ccc2ccccc2c1)C(=O)NC1(C#N)CCCCC1. The van der Waals surface area contributed by atoms with Gasteiger partial charge in [0.25, 0.3) is 11.8 Å². The summed E-state index contributed by atoms with van der Waals surface area (Å²) in [5, 5.41) is 16.6. The number of nitrogens with zero attached hydrogens (tertiary/aromatic N) is 1. The van der Waals surface area contributed by atoms with Crippen LogP contribution in [0.1, 0.15) is 49.4 Å². The van der Waals surface area contributed by atoms with E-state index in [-0.39, 0.29) is 6.54 Å². The molecule has 0 heterocycles. The lowest BCUT2D eigenvalue weighted by molar-refractivity contribution is -0.154. The van der Waals surface area contributed by atoms with Gasteiger partial charge in [0.15, 0.2) is 6.10 Å². The molecule has 30 heavy (non-hydrogen) atoms. The van der Waals surface area contributed by atoms with E-state index in [1.54, 1.807) is 12.1 Å². The number of fused-ring (bicyclic) bond motifs is 1. The van der Waals surface area contributed by atoms with E-state index in [0.717, 1.165) is 30.0 Å². The van der Waals surface area contributed by atoms with Gasteiger partial charge in [0.1, 0.15) is 12.1 Å². The third-order valence-corrected chi connectivity index (χ3v) is 5.37. The van der Waals surface area contributed by atoms with Crippen molar-refractivity contribution in [2.45, 2.75) is 50.7 Å². The topological polar surface area (TPSA) is 108 Å². The first-order chi connectivity index (χ1) is 14.4. The molecule has 2 N–H and O–H groups in total. The van der Waals surface area contributed by atoms with Crippen LogP contribution < -0.4 is 10.6 Å². The van der Waals surface area contributed by atoms with Gasteiger partial charge in [-0.2, -0.15) is 5.26 Å². The minimum atomic E-state index is -1.05. The van der Waals surface area contributed by atoms with Gasteiger partial charge in [-0.15, -0.1) is 0 Å². The Morgan fingerprint density at radius 3 is 2.50 bits per heavy atom. The maximum Gasteiger partial charge on any atom is 0.326 e. The molecular formula is C23H25N3O4. The molecule has 7 nitrogen and oxygen atoms in total. The molecule has 2 aromatic rings. The zero-order valence-corrected chi connectivity index (χ0v) is 16.9. The number of carbonyl (C=O) groups excluding carboxylic acids is 3. The Morgan fingerprint density at radius 1 is 1.10 bits per heavy atom. The highest BCUT2D eigenvalue weighted by atomic mass is 16.5. The summed E-state index contributed by atoms with van der Waals surface area (Å²) in [6.07, 6.45) is 2.93. The molecule has 2 amide bonds. The van der Waals surface area contributed by atoms with E-state index in [1.165, 1.54) is 6.92 Å². The monoisotopic (exact) mass is 407 g/mol. The van der Waals surface area contributed by atoms with Gasteiger partial charge >= 0.3 is 5.97 Å². The molecule has 0 unspecified atom stereocenters. The third-order valence-electron chi connectivity index (χ3n) is 5.37. The number of amides is 2. The normalized spacial score (nSPS) is 16.1. The lowest BCUT2D eigenvalue weighted by atomic mass is 9.83. The number of hydrogen-bond donors (Lipinski definition) is 2. The quantitative estimate of drug-likeness (QED) is 0.716. The van der Waals surface area contributed by atoms with E-state index in [2.05, 4.69) is 16.7 Å². The molecule has 156 valence electrons. The first-order valence-electron chi connectivity index (χ1n) is 10.1. The fraction of sp³-hybridized carbons (Fsp3) is 0.391. The van der Waals surface area contributed by atoms with E-state index < -0.39 is 29.4 Å². The van der Waals surface area contributed by atoms with Crippen molar-refractivity contribution < 1.29 is 19.1 Å². The smallest absolute Gasteiger partial charge is 0.326 e. The van der Waals surface area contributed by atoms with Crippen molar-refractivity contribution >= 4 is 28.6 Å². The Balaban J connectivity index is 1.50. The van der Waals surface area contributed by atoms with Crippen LogP contribution in [-0.2, 0) is 14.3 Å². The van der Waals surface area contributed by atoms with Crippen LogP contribution in [-0.4, -0.2) is 36.0 Å². The maximum absolute atomic E-state index is 12.4. The molecular weight excluding hydrogens is 382 g/mol. The second-order valence-electron chi connectivity index (χ2n) is 7.62. The van der Waals surface area contributed by atoms with Crippen LogP contribution in [0.2, 0.25) is 0 Å². The van der Waals surface area contributed by atoms with Crippen LogP contribution in [0.25, 0.3) is 10.8 Å². The van der Waals surface area contributed by atoms with Gasteiger partial charge in [0.2, 0.25) is 0 Å². The van der Waals surface area contributed by atoms with Gasteiger partial charge in [-0.05, 0) is 42.7 Å². The van der Waals surface area contributed by atoms with Crippen molar-refractivity contribution in [3.63, 3.8) is 0 Å². The number of nitrogens with one attached hydrogen (secondary N) is 2. The van der Waals surface area contributed by atoms with Gasteiger partial charge in [-0.3, -0.25) is 14.4 Å². The third kappa shape index (κ3) is 5.15. The van der Waals surface area contributed by atoms with Crippen molar-refractivity contribution in [2.24, 2.45) is 0 Å². The Bertz CT molecular complexity index is 989. The van der Waals surface area contributed by atoms with Crippen molar-refractivity contribution in [1.29, 1.82) is 5.26 Å². The van der Waals surface area contributed by atoms with Gasteiger partial charge in [-0.1, -0.05) is 49.6 Å². The molecule has 0 radical (unpaired) electrons. The largest absolute Gasteiger partial charge is 0.451 e. The molecule has 1 aliphatic rings.